The van der Waals surface area contributed by atoms with E-state index in [0.29, 0.717) is 0 Å². The van der Waals surface area contributed by atoms with Gasteiger partial charge in [0, 0.05) is 6.07 Å². The molecule has 0 saturated heterocycles. The van der Waals surface area contributed by atoms with E-state index in [9.17, 15) is 4.79 Å². The fraction of sp³-hybridized carbons (Fsp3) is 0. The van der Waals surface area contributed by atoms with Gasteiger partial charge in [0.25, 0.3) is 0 Å². The van der Waals surface area contributed by atoms with Crippen LogP contribution >= 0.6 is 0 Å². The van der Waals surface area contributed by atoms with Crippen LogP contribution in [0.2, 0.25) is 0 Å². The zero-order chi connectivity index (χ0) is 9.26. The molecule has 0 atom stereocenters. The molecule has 2 aromatic rings. The molecule has 0 aromatic carbocycles. The third kappa shape index (κ3) is 1.71. The summed E-state index contributed by atoms with van der Waals surface area (Å²) in [5.41, 5.74) is -0.184. The third-order valence-electron chi connectivity index (χ3n) is 1.43. The fourth-order valence-electron chi connectivity index (χ4n) is 0.906. The Morgan fingerprint density at radius 1 is 1.57 bits per heavy atom. The van der Waals surface area contributed by atoms with E-state index in [-0.39, 0.29) is 37.5 Å². The average Bonchev–Trinajstić information content (AvgIpc) is 2.74. The van der Waals surface area contributed by atoms with E-state index in [1.807, 2.05) is 0 Å². The maximum atomic E-state index is 10.6. The van der Waals surface area contributed by atoms with Crippen LogP contribution in [-0.4, -0.2) is 21.2 Å². The average molecular weight is 188 g/mol. The van der Waals surface area contributed by atoms with Crippen molar-refractivity contribution >= 4 is 5.97 Å². The second-order valence-corrected chi connectivity index (χ2v) is 2.21. The van der Waals surface area contributed by atoms with E-state index in [1.54, 1.807) is 0 Å². The van der Waals surface area contributed by atoms with Crippen LogP contribution in [0.4, 0.5) is 0 Å². The third-order valence-corrected chi connectivity index (χ3v) is 1.43. The van der Waals surface area contributed by atoms with Crippen LogP contribution in [-0.2, 0) is 0 Å². The molecule has 0 radical (unpaired) electrons. The zero-order valence-corrected chi connectivity index (χ0v) is 7.30. The second kappa shape index (κ2) is 4.13. The Hall–Kier alpha value is -1.51. The number of hydrogen-bond acceptors (Lipinski definition) is 5. The van der Waals surface area contributed by atoms with Gasteiger partial charge in [0.1, 0.15) is 0 Å². The summed E-state index contributed by atoms with van der Waals surface area (Å²) in [4.78, 5) is 14.1. The molecule has 0 aliphatic rings. The Balaban J connectivity index is 0.000000980. The number of carboxylic acid groups (broad SMARTS) is 1. The van der Waals surface area contributed by atoms with Crippen LogP contribution in [0.1, 0.15) is 11.9 Å². The van der Waals surface area contributed by atoms with Gasteiger partial charge in [0.05, 0.1) is 6.20 Å². The molecule has 14 heavy (non-hydrogen) atoms. The van der Waals surface area contributed by atoms with E-state index in [2.05, 4.69) is 10.1 Å². The van der Waals surface area contributed by atoms with Crippen molar-refractivity contribution in [1.29, 1.82) is 0 Å². The summed E-state index contributed by atoms with van der Waals surface area (Å²) in [6.07, 6.45) is 2.44. The van der Waals surface area contributed by atoms with Crippen LogP contribution in [0.15, 0.2) is 27.6 Å². The van der Waals surface area contributed by atoms with Crippen molar-refractivity contribution in [3.05, 3.63) is 24.4 Å². The Bertz CT molecular complexity index is 428. The van der Waals surface area contributed by atoms with Gasteiger partial charge < -0.3 is 15.5 Å². The van der Waals surface area contributed by atoms with Gasteiger partial charge >= 0.3 is 24.8 Å². The van der Waals surface area contributed by atoms with Gasteiger partial charge in [-0.05, 0) is 0 Å². The van der Waals surface area contributed by atoms with Gasteiger partial charge in [-0.1, -0.05) is 5.16 Å². The van der Waals surface area contributed by atoms with Crippen molar-refractivity contribution in [2.45, 2.75) is 0 Å². The number of carbonyl (C=O) groups is 1. The molecule has 2 aromatic heterocycles. The molecule has 2 heterocycles. The van der Waals surface area contributed by atoms with Crippen molar-refractivity contribution in [2.75, 3.05) is 0 Å². The summed E-state index contributed by atoms with van der Waals surface area (Å²) in [6, 6.07) is 1.49. The summed E-state index contributed by atoms with van der Waals surface area (Å²) in [5, 5.41) is 12.1. The van der Waals surface area contributed by atoms with Gasteiger partial charge in [0.15, 0.2) is 12.1 Å². The molecule has 0 fully saturated rings. The van der Waals surface area contributed by atoms with Crippen molar-refractivity contribution in [2.24, 2.45) is 0 Å². The molecular formula is C7H5LiN2O4. The molecule has 0 aliphatic carbocycles. The number of rotatable bonds is 2. The molecule has 0 unspecified atom stereocenters. The van der Waals surface area contributed by atoms with Crippen molar-refractivity contribution in [1.82, 2.24) is 10.1 Å². The Labute approximate surface area is 91.6 Å². The number of aromatic carboxylic acids is 1. The number of aromatic nitrogens is 2. The standard InChI is InChI=1S/C7H4N2O4.Li.H/c10-7(11)5-6(12-3-8-5)4-1-2-9-13-4;;/h1-3H,(H,10,11);;/q;+1;-1. The normalized spacial score (nSPS) is 9.43. The minimum atomic E-state index is -1.17. The van der Waals surface area contributed by atoms with E-state index in [0.717, 1.165) is 6.39 Å². The Morgan fingerprint density at radius 2 is 2.36 bits per heavy atom. The SMILES string of the molecule is O=C(O)c1ncoc1-c1ccno1.[H-].[Li+]. The molecule has 0 bridgehead atoms. The van der Waals surface area contributed by atoms with E-state index in [1.165, 1.54) is 12.3 Å². The van der Waals surface area contributed by atoms with Crippen LogP contribution in [0.5, 0.6) is 0 Å². The first kappa shape index (κ1) is 10.6. The molecule has 0 saturated carbocycles. The number of carboxylic acids is 1. The van der Waals surface area contributed by atoms with Gasteiger partial charge in [-0.2, -0.15) is 0 Å². The number of hydrogen-bond donors (Lipinski definition) is 1. The van der Waals surface area contributed by atoms with Crippen LogP contribution < -0.4 is 18.9 Å². The molecule has 1 N–H and O–H groups in total. The van der Waals surface area contributed by atoms with Gasteiger partial charge in [0.2, 0.25) is 11.5 Å². The Kier molecular flexibility index (Phi) is 3.12. The molecule has 0 aliphatic heterocycles. The van der Waals surface area contributed by atoms with Gasteiger partial charge in [-0.3, -0.25) is 0 Å². The fourth-order valence-corrected chi connectivity index (χ4v) is 0.906. The molecule has 7 heteroatoms. The van der Waals surface area contributed by atoms with E-state index < -0.39 is 5.97 Å². The van der Waals surface area contributed by atoms with E-state index >= 15 is 0 Å². The molecule has 2 rings (SSSR count). The molecule has 0 amide bonds. The van der Waals surface area contributed by atoms with Crippen molar-refractivity contribution < 1.29 is 39.1 Å². The predicted molar refractivity (Wildman–Crippen MR) is 40.1 cm³/mol. The molecule has 0 spiro atoms. The number of oxazole rings is 1. The number of nitrogens with zero attached hydrogens (tertiary/aromatic N) is 2. The monoisotopic (exact) mass is 188 g/mol. The molecule has 6 nitrogen and oxygen atoms in total. The topological polar surface area (TPSA) is 89.4 Å². The maximum absolute atomic E-state index is 10.6. The molecular weight excluding hydrogens is 183 g/mol. The van der Waals surface area contributed by atoms with Gasteiger partial charge in [-0.25, -0.2) is 9.78 Å². The summed E-state index contributed by atoms with van der Waals surface area (Å²) < 4.78 is 9.57. The second-order valence-electron chi connectivity index (χ2n) is 2.21. The smallest absolute Gasteiger partial charge is 1.00 e. The van der Waals surface area contributed by atoms with Crippen molar-refractivity contribution in [3.63, 3.8) is 0 Å². The van der Waals surface area contributed by atoms with Crippen LogP contribution in [0.3, 0.4) is 0 Å². The summed E-state index contributed by atoms with van der Waals surface area (Å²) >= 11 is 0. The zero-order valence-electron chi connectivity index (χ0n) is 8.30. The first-order chi connectivity index (χ1) is 6.29. The first-order valence-electron chi connectivity index (χ1n) is 3.37. The van der Waals surface area contributed by atoms with Gasteiger partial charge in [-0.15, -0.1) is 0 Å². The van der Waals surface area contributed by atoms with Crippen LogP contribution in [0.25, 0.3) is 11.5 Å². The summed E-state index contributed by atoms with van der Waals surface area (Å²) in [6.45, 7) is 0. The van der Waals surface area contributed by atoms with Crippen LogP contribution in [0, 0.1) is 0 Å². The minimum Gasteiger partial charge on any atom is -1.00 e. The predicted octanol–water partition coefficient (Wildman–Crippen LogP) is -1.86. The van der Waals surface area contributed by atoms with Crippen molar-refractivity contribution in [3.8, 4) is 11.5 Å². The quantitative estimate of drug-likeness (QED) is 0.556. The van der Waals surface area contributed by atoms with E-state index in [4.69, 9.17) is 14.0 Å². The molecule has 68 valence electrons. The largest absolute Gasteiger partial charge is 1.00 e. The first-order valence-corrected chi connectivity index (χ1v) is 3.37. The summed E-state index contributed by atoms with van der Waals surface area (Å²) in [7, 11) is 0. The maximum Gasteiger partial charge on any atom is 1.00 e. The Morgan fingerprint density at radius 3 is 2.93 bits per heavy atom. The minimum absolute atomic E-state index is 0. The summed E-state index contributed by atoms with van der Waals surface area (Å²) in [5.74, 6) is -0.847.